The Kier molecular flexibility index (Phi) is 4.57. The molecule has 2 fully saturated rings. The van der Waals surface area contributed by atoms with Gasteiger partial charge in [0.25, 0.3) is 5.91 Å². The van der Waals surface area contributed by atoms with Crippen molar-refractivity contribution in [1.29, 1.82) is 0 Å². The van der Waals surface area contributed by atoms with Gasteiger partial charge in [-0.1, -0.05) is 0 Å². The summed E-state index contributed by atoms with van der Waals surface area (Å²) in [6.07, 6.45) is 1.58. The molecule has 0 N–H and O–H groups in total. The summed E-state index contributed by atoms with van der Waals surface area (Å²) in [5.41, 5.74) is 0.377. The first-order chi connectivity index (χ1) is 10.1. The van der Waals surface area contributed by atoms with E-state index >= 15 is 0 Å². The maximum Gasteiger partial charge on any atom is 0.255 e. The van der Waals surface area contributed by atoms with Crippen molar-refractivity contribution in [1.82, 2.24) is 4.90 Å². The Morgan fingerprint density at radius 1 is 1.24 bits per heavy atom. The molecule has 6 heteroatoms. The molecule has 0 spiro atoms. The van der Waals surface area contributed by atoms with Crippen LogP contribution < -0.4 is 0 Å². The van der Waals surface area contributed by atoms with Gasteiger partial charge in [-0.2, -0.15) is 0 Å². The van der Waals surface area contributed by atoms with Gasteiger partial charge in [-0.05, 0) is 47.0 Å². The molecule has 0 radical (unpaired) electrons. The zero-order chi connectivity index (χ0) is 14.8. The zero-order valence-corrected chi connectivity index (χ0v) is 13.1. The molecule has 1 amide bonds. The van der Waals surface area contributed by atoms with Crippen LogP contribution in [0.1, 0.15) is 23.2 Å². The van der Waals surface area contributed by atoms with Crippen molar-refractivity contribution in [3.63, 3.8) is 0 Å². The average Bonchev–Trinajstić information content (AvgIpc) is 3.03. The summed E-state index contributed by atoms with van der Waals surface area (Å²) in [6, 6.07) is 4.18. The normalized spacial score (nSPS) is 21.0. The van der Waals surface area contributed by atoms with Crippen molar-refractivity contribution in [2.45, 2.75) is 19.1 Å². The third kappa shape index (κ3) is 3.27. The molecular weight excluding hydrogens is 341 g/mol. The van der Waals surface area contributed by atoms with Crippen LogP contribution in [0.15, 0.2) is 22.7 Å². The summed E-state index contributed by atoms with van der Waals surface area (Å²) in [5, 5.41) is 0. The Labute approximate surface area is 131 Å². The molecular formula is C15H17BrFNO3. The second kappa shape index (κ2) is 6.42. The van der Waals surface area contributed by atoms with Crippen molar-refractivity contribution in [3.8, 4) is 0 Å². The molecule has 1 aromatic carbocycles. The number of carbonyl (C=O) groups excluding carboxylic acids is 1. The van der Waals surface area contributed by atoms with Gasteiger partial charge in [0.15, 0.2) is 6.29 Å². The van der Waals surface area contributed by atoms with E-state index in [-0.39, 0.29) is 12.2 Å². The highest BCUT2D eigenvalue weighted by molar-refractivity contribution is 9.10. The van der Waals surface area contributed by atoms with Gasteiger partial charge < -0.3 is 14.4 Å². The van der Waals surface area contributed by atoms with Gasteiger partial charge in [0.1, 0.15) is 5.82 Å². The lowest BCUT2D eigenvalue weighted by Gasteiger charge is -2.34. The van der Waals surface area contributed by atoms with Crippen LogP contribution in [0.25, 0.3) is 0 Å². The van der Waals surface area contributed by atoms with E-state index in [1.54, 1.807) is 11.0 Å². The van der Waals surface area contributed by atoms with Gasteiger partial charge in [0.2, 0.25) is 0 Å². The Bertz CT molecular complexity index is 526. The van der Waals surface area contributed by atoms with Gasteiger partial charge in [-0.3, -0.25) is 4.79 Å². The van der Waals surface area contributed by atoms with Gasteiger partial charge in [-0.25, -0.2) is 4.39 Å². The van der Waals surface area contributed by atoms with Crippen LogP contribution in [0.5, 0.6) is 0 Å². The first kappa shape index (κ1) is 14.9. The highest BCUT2D eigenvalue weighted by Crippen LogP contribution is 2.27. The summed E-state index contributed by atoms with van der Waals surface area (Å²) in [7, 11) is 0. The van der Waals surface area contributed by atoms with Crippen LogP contribution in [0.2, 0.25) is 0 Å². The van der Waals surface area contributed by atoms with E-state index in [2.05, 4.69) is 15.9 Å². The topological polar surface area (TPSA) is 38.8 Å². The second-order valence-corrected chi connectivity index (χ2v) is 6.22. The van der Waals surface area contributed by atoms with E-state index in [0.29, 0.717) is 42.3 Å². The summed E-state index contributed by atoms with van der Waals surface area (Å²) in [4.78, 5) is 14.2. The lowest BCUT2D eigenvalue weighted by molar-refractivity contribution is -0.0956. The average molecular weight is 358 g/mol. The van der Waals surface area contributed by atoms with Crippen molar-refractivity contribution in [2.24, 2.45) is 5.92 Å². The number of likely N-dealkylation sites (tertiary alicyclic amines) is 1. The molecule has 0 aliphatic carbocycles. The molecule has 0 atom stereocenters. The minimum atomic E-state index is -0.399. The highest BCUT2D eigenvalue weighted by atomic mass is 79.9. The van der Waals surface area contributed by atoms with Crippen molar-refractivity contribution < 1.29 is 18.7 Å². The lowest BCUT2D eigenvalue weighted by atomic mass is 9.95. The molecule has 2 aliphatic heterocycles. The fraction of sp³-hybridized carbons (Fsp3) is 0.533. The summed E-state index contributed by atoms with van der Waals surface area (Å²) in [5.74, 6) is -0.190. The minimum Gasteiger partial charge on any atom is -0.350 e. The van der Waals surface area contributed by atoms with Crippen molar-refractivity contribution in [2.75, 3.05) is 26.3 Å². The lowest BCUT2D eigenvalue weighted by Crippen LogP contribution is -2.41. The quantitative estimate of drug-likeness (QED) is 0.816. The molecule has 3 rings (SSSR count). The third-order valence-electron chi connectivity index (χ3n) is 4.02. The number of nitrogens with zero attached hydrogens (tertiary/aromatic N) is 1. The SMILES string of the molecule is O=C(c1cc(F)ccc1Br)N1CCC(C2OCCO2)CC1. The third-order valence-corrected chi connectivity index (χ3v) is 4.71. The monoisotopic (exact) mass is 357 g/mol. The number of carbonyl (C=O) groups is 1. The Hall–Kier alpha value is -0.980. The number of hydrogen-bond donors (Lipinski definition) is 0. The fourth-order valence-electron chi connectivity index (χ4n) is 2.86. The smallest absolute Gasteiger partial charge is 0.255 e. The van der Waals surface area contributed by atoms with Crippen molar-refractivity contribution in [3.05, 3.63) is 34.1 Å². The first-order valence-corrected chi connectivity index (χ1v) is 7.92. The van der Waals surface area contributed by atoms with Gasteiger partial charge in [0.05, 0.1) is 18.8 Å². The summed E-state index contributed by atoms with van der Waals surface area (Å²) < 4.78 is 25.0. The number of hydrogen-bond acceptors (Lipinski definition) is 3. The van der Waals surface area contributed by atoms with E-state index in [1.165, 1.54) is 12.1 Å². The maximum absolute atomic E-state index is 13.3. The molecule has 114 valence electrons. The maximum atomic E-state index is 13.3. The van der Waals surface area contributed by atoms with Gasteiger partial charge >= 0.3 is 0 Å². The summed E-state index contributed by atoms with van der Waals surface area (Å²) >= 11 is 3.31. The largest absolute Gasteiger partial charge is 0.350 e. The molecule has 1 aromatic rings. The molecule has 2 saturated heterocycles. The molecule has 21 heavy (non-hydrogen) atoms. The van der Waals surface area contributed by atoms with E-state index in [4.69, 9.17) is 9.47 Å². The zero-order valence-electron chi connectivity index (χ0n) is 11.6. The van der Waals surface area contributed by atoms with Gasteiger partial charge in [-0.15, -0.1) is 0 Å². The second-order valence-electron chi connectivity index (χ2n) is 5.36. The number of rotatable bonds is 2. The molecule has 2 aliphatic rings. The molecule has 0 saturated carbocycles. The van der Waals surface area contributed by atoms with Crippen LogP contribution in [0.3, 0.4) is 0 Å². The number of amides is 1. The predicted octanol–water partition coefficient (Wildman–Crippen LogP) is 2.81. The number of halogens is 2. The number of ether oxygens (including phenoxy) is 2. The molecule has 0 aromatic heterocycles. The summed E-state index contributed by atoms with van der Waals surface area (Å²) in [6.45, 7) is 2.60. The van der Waals surface area contributed by atoms with Crippen LogP contribution in [0.4, 0.5) is 4.39 Å². The van der Waals surface area contributed by atoms with Crippen LogP contribution in [-0.4, -0.2) is 43.4 Å². The van der Waals surface area contributed by atoms with E-state index in [0.717, 1.165) is 12.8 Å². The first-order valence-electron chi connectivity index (χ1n) is 7.12. The molecule has 2 heterocycles. The Balaban J connectivity index is 1.63. The predicted molar refractivity (Wildman–Crippen MR) is 78.4 cm³/mol. The number of benzene rings is 1. The van der Waals surface area contributed by atoms with E-state index < -0.39 is 5.82 Å². The van der Waals surface area contributed by atoms with E-state index in [9.17, 15) is 9.18 Å². The fourth-order valence-corrected chi connectivity index (χ4v) is 3.27. The Morgan fingerprint density at radius 2 is 1.90 bits per heavy atom. The van der Waals surface area contributed by atoms with Crippen LogP contribution in [0, 0.1) is 11.7 Å². The Morgan fingerprint density at radius 3 is 2.57 bits per heavy atom. The molecule has 0 unspecified atom stereocenters. The highest BCUT2D eigenvalue weighted by Gasteiger charge is 2.32. The van der Waals surface area contributed by atoms with Crippen molar-refractivity contribution >= 4 is 21.8 Å². The molecule has 4 nitrogen and oxygen atoms in total. The number of piperidine rings is 1. The van der Waals surface area contributed by atoms with Gasteiger partial charge in [0, 0.05) is 23.5 Å². The molecule has 0 bridgehead atoms. The standard InChI is InChI=1S/C15H17BrFNO3/c16-13-2-1-11(17)9-12(13)14(19)18-5-3-10(4-6-18)15-20-7-8-21-15/h1-2,9-10,15H,3-8H2. The van der Waals surface area contributed by atoms with Crippen LogP contribution >= 0.6 is 15.9 Å². The van der Waals surface area contributed by atoms with E-state index in [1.807, 2.05) is 0 Å². The van der Waals surface area contributed by atoms with Crippen LogP contribution in [-0.2, 0) is 9.47 Å². The minimum absolute atomic E-state index is 0.122.